The molecular weight excluding hydrogens is 216 g/mol. The monoisotopic (exact) mass is 244 g/mol. The maximum atomic E-state index is 5.45. The molecule has 1 fully saturated rings. The lowest BCUT2D eigenvalue weighted by Gasteiger charge is -2.24. The zero-order valence-electron chi connectivity index (χ0n) is 11.9. The summed E-state index contributed by atoms with van der Waals surface area (Å²) >= 11 is 0. The summed E-state index contributed by atoms with van der Waals surface area (Å²) in [5.41, 5.74) is 0. The van der Waals surface area contributed by atoms with Gasteiger partial charge in [0, 0.05) is 39.9 Å². The summed E-state index contributed by atoms with van der Waals surface area (Å²) in [7, 11) is 3.53. The second kappa shape index (κ2) is 7.31. The average Bonchev–Trinajstić information content (AvgIpc) is 2.71. The van der Waals surface area contributed by atoms with Crippen molar-refractivity contribution in [1.82, 2.24) is 10.2 Å². The molecule has 0 amide bonds. The van der Waals surface area contributed by atoms with Gasteiger partial charge in [-0.1, -0.05) is 13.8 Å². The molecule has 0 spiro atoms. The zero-order chi connectivity index (χ0) is 12.8. The van der Waals surface area contributed by atoms with Crippen molar-refractivity contribution in [3.05, 3.63) is 0 Å². The number of hydrogen-bond donors (Lipinski definition) is 1. The largest absolute Gasteiger partial charge is 0.377 e. The van der Waals surface area contributed by atoms with E-state index < -0.39 is 0 Å². The van der Waals surface area contributed by atoms with E-state index in [0.717, 1.165) is 26.2 Å². The van der Waals surface area contributed by atoms with Crippen LogP contribution in [-0.4, -0.2) is 63.5 Å². The molecule has 4 nitrogen and oxygen atoms in total. The van der Waals surface area contributed by atoms with Crippen LogP contribution >= 0.6 is 0 Å². The van der Waals surface area contributed by atoms with E-state index in [4.69, 9.17) is 9.47 Å². The Labute approximate surface area is 106 Å². The molecule has 17 heavy (non-hydrogen) atoms. The van der Waals surface area contributed by atoms with Crippen LogP contribution in [0, 0.1) is 5.92 Å². The third-order valence-electron chi connectivity index (χ3n) is 3.46. The first-order valence-electron chi connectivity index (χ1n) is 6.58. The van der Waals surface area contributed by atoms with Gasteiger partial charge in [0.25, 0.3) is 0 Å². The molecule has 1 N–H and O–H groups in total. The lowest BCUT2D eigenvalue weighted by atomic mass is 10.2. The van der Waals surface area contributed by atoms with Gasteiger partial charge in [0.2, 0.25) is 0 Å². The molecule has 0 aromatic carbocycles. The van der Waals surface area contributed by atoms with Gasteiger partial charge in [0.05, 0.1) is 12.2 Å². The van der Waals surface area contributed by atoms with Crippen molar-refractivity contribution < 1.29 is 9.47 Å². The summed E-state index contributed by atoms with van der Waals surface area (Å²) in [6, 6.07) is 0.534. The molecule has 1 aliphatic heterocycles. The lowest BCUT2D eigenvalue weighted by molar-refractivity contribution is -0.00461. The van der Waals surface area contributed by atoms with Crippen molar-refractivity contribution in [2.24, 2.45) is 5.92 Å². The van der Waals surface area contributed by atoms with E-state index >= 15 is 0 Å². The first kappa shape index (κ1) is 14.9. The molecular formula is C13H28N2O2. The van der Waals surface area contributed by atoms with Gasteiger partial charge in [-0.05, 0) is 19.4 Å². The Morgan fingerprint density at radius 2 is 1.59 bits per heavy atom. The smallest absolute Gasteiger partial charge is 0.0971 e. The van der Waals surface area contributed by atoms with E-state index in [1.54, 1.807) is 14.2 Å². The fourth-order valence-corrected chi connectivity index (χ4v) is 2.29. The van der Waals surface area contributed by atoms with Gasteiger partial charge < -0.3 is 14.8 Å². The highest BCUT2D eigenvalue weighted by Gasteiger charge is 2.34. The summed E-state index contributed by atoms with van der Waals surface area (Å²) in [6.07, 6.45) is 0.431. The summed E-state index contributed by atoms with van der Waals surface area (Å²) in [4.78, 5) is 2.44. The van der Waals surface area contributed by atoms with E-state index in [0.29, 0.717) is 12.0 Å². The van der Waals surface area contributed by atoms with Crippen molar-refractivity contribution in [3.63, 3.8) is 0 Å². The van der Waals surface area contributed by atoms with E-state index in [9.17, 15) is 0 Å². The number of methoxy groups -OCH3 is 2. The molecule has 1 heterocycles. The maximum absolute atomic E-state index is 5.45. The second-order valence-corrected chi connectivity index (χ2v) is 5.40. The van der Waals surface area contributed by atoms with Gasteiger partial charge in [-0.15, -0.1) is 0 Å². The third-order valence-corrected chi connectivity index (χ3v) is 3.46. The van der Waals surface area contributed by atoms with Crippen LogP contribution in [-0.2, 0) is 9.47 Å². The van der Waals surface area contributed by atoms with Crippen molar-refractivity contribution in [3.8, 4) is 0 Å². The number of rotatable bonds is 7. The highest BCUT2D eigenvalue weighted by molar-refractivity contribution is 4.88. The number of nitrogens with zero attached hydrogens (tertiary/aromatic N) is 1. The fraction of sp³-hybridized carbons (Fsp3) is 1.00. The molecule has 3 atom stereocenters. The van der Waals surface area contributed by atoms with Gasteiger partial charge >= 0.3 is 0 Å². The van der Waals surface area contributed by atoms with Gasteiger partial charge in [0.1, 0.15) is 0 Å². The minimum atomic E-state index is 0.215. The molecule has 3 unspecified atom stereocenters. The molecule has 0 aliphatic carbocycles. The topological polar surface area (TPSA) is 33.7 Å². The van der Waals surface area contributed by atoms with Crippen molar-refractivity contribution >= 4 is 0 Å². The number of likely N-dealkylation sites (tertiary alicyclic amines) is 1. The molecule has 0 bridgehead atoms. The summed E-state index contributed by atoms with van der Waals surface area (Å²) < 4.78 is 10.9. The maximum Gasteiger partial charge on any atom is 0.0971 e. The Morgan fingerprint density at radius 1 is 1.06 bits per heavy atom. The molecule has 1 rings (SSSR count). The molecule has 0 aromatic rings. The summed E-state index contributed by atoms with van der Waals surface area (Å²) in [6.45, 7) is 10.8. The average molecular weight is 244 g/mol. The van der Waals surface area contributed by atoms with Crippen LogP contribution in [0.1, 0.15) is 20.8 Å². The Morgan fingerprint density at radius 3 is 2.00 bits per heavy atom. The minimum Gasteiger partial charge on any atom is -0.377 e. The minimum absolute atomic E-state index is 0.215. The van der Waals surface area contributed by atoms with Crippen molar-refractivity contribution in [2.45, 2.75) is 39.0 Å². The Kier molecular flexibility index (Phi) is 6.41. The van der Waals surface area contributed by atoms with Crippen LogP contribution in [0.2, 0.25) is 0 Å². The molecule has 0 radical (unpaired) electrons. The zero-order valence-corrected chi connectivity index (χ0v) is 11.9. The Hall–Kier alpha value is -0.160. The van der Waals surface area contributed by atoms with Crippen LogP contribution in [0.5, 0.6) is 0 Å². The quantitative estimate of drug-likeness (QED) is 0.723. The van der Waals surface area contributed by atoms with Crippen LogP contribution in [0.25, 0.3) is 0 Å². The van der Waals surface area contributed by atoms with Gasteiger partial charge in [-0.3, -0.25) is 4.90 Å². The van der Waals surface area contributed by atoms with Crippen LogP contribution < -0.4 is 5.32 Å². The molecule has 102 valence electrons. The lowest BCUT2D eigenvalue weighted by Crippen LogP contribution is -2.40. The van der Waals surface area contributed by atoms with Gasteiger partial charge in [-0.2, -0.15) is 0 Å². The molecule has 1 saturated heterocycles. The predicted molar refractivity (Wildman–Crippen MR) is 70.3 cm³/mol. The molecule has 0 aromatic heterocycles. The van der Waals surface area contributed by atoms with Crippen LogP contribution in [0.3, 0.4) is 0 Å². The first-order valence-corrected chi connectivity index (χ1v) is 6.58. The van der Waals surface area contributed by atoms with E-state index in [2.05, 4.69) is 31.0 Å². The van der Waals surface area contributed by atoms with Crippen molar-refractivity contribution in [1.29, 1.82) is 0 Å². The number of nitrogens with one attached hydrogen (secondary N) is 1. The SMILES string of the molecule is COC1CN(C(C)CNCC(C)C)CC1OC. The van der Waals surface area contributed by atoms with E-state index in [-0.39, 0.29) is 12.2 Å². The number of hydrogen-bond acceptors (Lipinski definition) is 4. The van der Waals surface area contributed by atoms with E-state index in [1.807, 2.05) is 0 Å². The Bertz CT molecular complexity index is 200. The second-order valence-electron chi connectivity index (χ2n) is 5.40. The molecule has 4 heteroatoms. The first-order chi connectivity index (χ1) is 8.08. The van der Waals surface area contributed by atoms with Crippen LogP contribution in [0.4, 0.5) is 0 Å². The third kappa shape index (κ3) is 4.54. The van der Waals surface area contributed by atoms with Crippen LogP contribution in [0.15, 0.2) is 0 Å². The highest BCUT2D eigenvalue weighted by Crippen LogP contribution is 2.17. The predicted octanol–water partition coefficient (Wildman–Crippen LogP) is 0.966. The molecule has 1 aliphatic rings. The summed E-state index contributed by atoms with van der Waals surface area (Å²) in [5, 5.41) is 3.50. The van der Waals surface area contributed by atoms with Crippen molar-refractivity contribution in [2.75, 3.05) is 40.4 Å². The fourth-order valence-electron chi connectivity index (χ4n) is 2.29. The standard InChI is InChI=1S/C13H28N2O2/c1-10(2)6-14-7-11(3)15-8-12(16-4)13(9-15)17-5/h10-14H,6-9H2,1-5H3. The van der Waals surface area contributed by atoms with Gasteiger partial charge in [0.15, 0.2) is 0 Å². The summed E-state index contributed by atoms with van der Waals surface area (Å²) in [5.74, 6) is 0.708. The normalized spacial score (nSPS) is 27.9. The van der Waals surface area contributed by atoms with E-state index in [1.165, 1.54) is 0 Å². The Balaban J connectivity index is 2.30. The van der Waals surface area contributed by atoms with Gasteiger partial charge in [-0.25, -0.2) is 0 Å². The highest BCUT2D eigenvalue weighted by atomic mass is 16.5. The molecule has 0 saturated carbocycles. The number of ether oxygens (including phenoxy) is 2.